The van der Waals surface area contributed by atoms with Gasteiger partial charge in [0.2, 0.25) is 5.91 Å². The summed E-state index contributed by atoms with van der Waals surface area (Å²) in [5, 5.41) is 24.2. The van der Waals surface area contributed by atoms with Crippen LogP contribution in [-0.2, 0) is 16.0 Å². The summed E-state index contributed by atoms with van der Waals surface area (Å²) in [6.07, 6.45) is -0.152. The number of hydrogen-bond donors (Lipinski definition) is 1. The quantitative estimate of drug-likeness (QED) is 0.610. The van der Waals surface area contributed by atoms with Gasteiger partial charge in [0.25, 0.3) is 5.69 Å². The van der Waals surface area contributed by atoms with Gasteiger partial charge in [-0.05, 0) is 37.5 Å². The Morgan fingerprint density at radius 3 is 2.40 bits per heavy atom. The Balaban J connectivity index is 2.12. The molecule has 0 radical (unpaired) electrons. The molecule has 2 aromatic rings. The summed E-state index contributed by atoms with van der Waals surface area (Å²) in [4.78, 5) is 33.5. The van der Waals surface area contributed by atoms with Gasteiger partial charge in [-0.25, -0.2) is 0 Å². The standard InChI is InChI=1S/C18H18N2O5/c1-12-3-2-4-13(9-12)10-14(11-17(21)22)18(23)19-15-5-7-16(8-6-15)20(24)25/h2-9,14H,10-11H2,1H3,(H,19,23)(H,21,22)/p-1/t14-/m0/s1. The normalized spacial score (nSPS) is 11.6. The van der Waals surface area contributed by atoms with E-state index < -0.39 is 29.1 Å². The summed E-state index contributed by atoms with van der Waals surface area (Å²) in [6, 6.07) is 12.8. The van der Waals surface area contributed by atoms with Crippen LogP contribution in [0.25, 0.3) is 0 Å². The highest BCUT2D eigenvalue weighted by Gasteiger charge is 2.20. The van der Waals surface area contributed by atoms with Crippen LogP contribution in [0.2, 0.25) is 0 Å². The second-order valence-corrected chi connectivity index (χ2v) is 5.76. The summed E-state index contributed by atoms with van der Waals surface area (Å²) in [5.74, 6) is -2.59. The average molecular weight is 341 g/mol. The molecule has 0 saturated carbocycles. The first-order valence-corrected chi connectivity index (χ1v) is 7.66. The van der Waals surface area contributed by atoms with Crippen molar-refractivity contribution in [2.45, 2.75) is 19.8 Å². The number of amides is 1. The number of non-ortho nitro benzene ring substituents is 1. The molecule has 0 heterocycles. The fourth-order valence-electron chi connectivity index (χ4n) is 2.49. The molecule has 2 aromatic carbocycles. The van der Waals surface area contributed by atoms with Crippen LogP contribution in [-0.4, -0.2) is 16.8 Å². The lowest BCUT2D eigenvalue weighted by Crippen LogP contribution is -2.32. The maximum absolute atomic E-state index is 12.4. The number of nitrogens with zero attached hydrogens (tertiary/aromatic N) is 1. The molecule has 25 heavy (non-hydrogen) atoms. The fraction of sp³-hybridized carbons (Fsp3) is 0.222. The Morgan fingerprint density at radius 2 is 1.84 bits per heavy atom. The molecule has 0 spiro atoms. The van der Waals surface area contributed by atoms with E-state index in [0.717, 1.165) is 11.1 Å². The van der Waals surface area contributed by atoms with Crippen molar-refractivity contribution in [1.82, 2.24) is 0 Å². The average Bonchev–Trinajstić information content (AvgIpc) is 2.54. The second-order valence-electron chi connectivity index (χ2n) is 5.76. The van der Waals surface area contributed by atoms with Crippen molar-refractivity contribution in [3.05, 3.63) is 69.8 Å². The van der Waals surface area contributed by atoms with Gasteiger partial charge in [-0.2, -0.15) is 0 Å². The number of benzene rings is 2. The molecule has 0 saturated heterocycles. The zero-order valence-corrected chi connectivity index (χ0v) is 13.6. The molecule has 1 N–H and O–H groups in total. The Bertz CT molecular complexity index is 786. The number of nitro benzene ring substituents is 1. The first-order valence-electron chi connectivity index (χ1n) is 7.66. The molecule has 0 bridgehead atoms. The number of aliphatic carboxylic acids is 1. The highest BCUT2D eigenvalue weighted by molar-refractivity contribution is 5.94. The molecule has 7 heteroatoms. The van der Waals surface area contributed by atoms with E-state index in [1.807, 2.05) is 31.2 Å². The molecule has 7 nitrogen and oxygen atoms in total. The molecule has 1 atom stereocenters. The van der Waals surface area contributed by atoms with Crippen LogP contribution in [0.5, 0.6) is 0 Å². The summed E-state index contributed by atoms with van der Waals surface area (Å²) in [5.41, 5.74) is 2.14. The van der Waals surface area contributed by atoms with Crippen LogP contribution in [0.3, 0.4) is 0 Å². The first kappa shape index (κ1) is 18.1. The van der Waals surface area contributed by atoms with E-state index in [2.05, 4.69) is 5.32 Å². The van der Waals surface area contributed by atoms with Crippen molar-refractivity contribution in [3.63, 3.8) is 0 Å². The Hall–Kier alpha value is -3.22. The van der Waals surface area contributed by atoms with Crippen LogP contribution in [0.15, 0.2) is 48.5 Å². The molecule has 0 aliphatic rings. The van der Waals surface area contributed by atoms with Gasteiger partial charge >= 0.3 is 0 Å². The highest BCUT2D eigenvalue weighted by atomic mass is 16.6. The lowest BCUT2D eigenvalue weighted by Gasteiger charge is -2.18. The van der Waals surface area contributed by atoms with Gasteiger partial charge in [0.1, 0.15) is 0 Å². The van der Waals surface area contributed by atoms with E-state index in [4.69, 9.17) is 0 Å². The van der Waals surface area contributed by atoms with Gasteiger partial charge in [-0.15, -0.1) is 0 Å². The minimum atomic E-state index is -1.31. The third kappa shape index (κ3) is 5.42. The molecule has 130 valence electrons. The number of carbonyl (C=O) groups excluding carboxylic acids is 2. The fourth-order valence-corrected chi connectivity index (χ4v) is 2.49. The highest BCUT2D eigenvalue weighted by Crippen LogP contribution is 2.19. The third-order valence-electron chi connectivity index (χ3n) is 3.69. The lowest BCUT2D eigenvalue weighted by atomic mass is 9.94. The van der Waals surface area contributed by atoms with E-state index >= 15 is 0 Å². The smallest absolute Gasteiger partial charge is 0.269 e. The van der Waals surface area contributed by atoms with Crippen molar-refractivity contribution in [2.24, 2.45) is 5.92 Å². The van der Waals surface area contributed by atoms with Crippen molar-refractivity contribution in [2.75, 3.05) is 5.32 Å². The first-order chi connectivity index (χ1) is 11.8. The number of nitrogens with one attached hydrogen (secondary N) is 1. The van der Waals surface area contributed by atoms with Crippen LogP contribution >= 0.6 is 0 Å². The van der Waals surface area contributed by atoms with E-state index in [9.17, 15) is 24.8 Å². The molecule has 2 rings (SSSR count). The van der Waals surface area contributed by atoms with Crippen molar-refractivity contribution in [1.29, 1.82) is 0 Å². The number of anilines is 1. The second kappa shape index (κ2) is 8.05. The number of rotatable bonds is 7. The number of aryl methyl sites for hydroxylation is 1. The predicted octanol–water partition coefficient (Wildman–Crippen LogP) is 1.84. The summed E-state index contributed by atoms with van der Waals surface area (Å²) < 4.78 is 0. The zero-order valence-electron chi connectivity index (χ0n) is 13.6. The van der Waals surface area contributed by atoms with Gasteiger partial charge in [-0.1, -0.05) is 29.8 Å². The van der Waals surface area contributed by atoms with E-state index in [0.29, 0.717) is 5.69 Å². The minimum absolute atomic E-state index is 0.0935. The monoisotopic (exact) mass is 341 g/mol. The molecule has 0 aliphatic carbocycles. The topological polar surface area (TPSA) is 112 Å². The third-order valence-corrected chi connectivity index (χ3v) is 3.69. The summed E-state index contributed by atoms with van der Waals surface area (Å²) >= 11 is 0. The number of hydrogen-bond acceptors (Lipinski definition) is 5. The van der Waals surface area contributed by atoms with Crippen LogP contribution in [0.1, 0.15) is 17.5 Å². The van der Waals surface area contributed by atoms with Gasteiger partial charge in [0.15, 0.2) is 0 Å². The van der Waals surface area contributed by atoms with Crippen LogP contribution < -0.4 is 10.4 Å². The minimum Gasteiger partial charge on any atom is -0.550 e. The zero-order chi connectivity index (χ0) is 18.4. The SMILES string of the molecule is Cc1cccc(C[C@@H](CC(=O)[O-])C(=O)Nc2ccc([N+](=O)[O-])cc2)c1. The summed E-state index contributed by atoms with van der Waals surface area (Å²) in [6.45, 7) is 1.91. The number of carbonyl (C=O) groups is 2. The molecular weight excluding hydrogens is 324 g/mol. The van der Waals surface area contributed by atoms with Gasteiger partial charge in [-0.3, -0.25) is 14.9 Å². The predicted molar refractivity (Wildman–Crippen MR) is 89.7 cm³/mol. The summed E-state index contributed by atoms with van der Waals surface area (Å²) in [7, 11) is 0. The molecular formula is C18H17N2O5-. The Kier molecular flexibility index (Phi) is 5.84. The van der Waals surface area contributed by atoms with E-state index in [-0.39, 0.29) is 12.1 Å². The Morgan fingerprint density at radius 1 is 1.16 bits per heavy atom. The van der Waals surface area contributed by atoms with E-state index in [1.54, 1.807) is 0 Å². The maximum atomic E-state index is 12.4. The number of nitro groups is 1. The largest absolute Gasteiger partial charge is 0.550 e. The molecule has 0 unspecified atom stereocenters. The molecule has 1 amide bonds. The van der Waals surface area contributed by atoms with Crippen molar-refractivity contribution >= 4 is 23.3 Å². The van der Waals surface area contributed by atoms with Gasteiger partial charge < -0.3 is 15.2 Å². The maximum Gasteiger partial charge on any atom is 0.269 e. The van der Waals surface area contributed by atoms with E-state index in [1.165, 1.54) is 24.3 Å². The molecule has 0 aromatic heterocycles. The van der Waals surface area contributed by atoms with Crippen LogP contribution in [0, 0.1) is 23.0 Å². The number of carboxylic acid groups (broad SMARTS) is 1. The lowest BCUT2D eigenvalue weighted by molar-refractivity contribution is -0.384. The Labute approximate surface area is 144 Å². The molecule has 0 aliphatic heterocycles. The van der Waals surface area contributed by atoms with Gasteiger partial charge in [0.05, 0.1) is 4.92 Å². The molecule has 0 fully saturated rings. The van der Waals surface area contributed by atoms with Crippen molar-refractivity contribution in [3.8, 4) is 0 Å². The number of carboxylic acids is 1. The van der Waals surface area contributed by atoms with Gasteiger partial charge in [0, 0.05) is 29.7 Å². The van der Waals surface area contributed by atoms with Crippen molar-refractivity contribution < 1.29 is 19.6 Å². The van der Waals surface area contributed by atoms with Crippen LogP contribution in [0.4, 0.5) is 11.4 Å².